The number of rotatable bonds is 3. The first-order valence-corrected chi connectivity index (χ1v) is 9.00. The molecule has 0 bridgehead atoms. The monoisotopic (exact) mass is 410 g/mol. The molecule has 1 fully saturated rings. The lowest BCUT2D eigenvalue weighted by atomic mass is 10.2. The number of carbonyl (C=O) groups excluding carboxylic acids is 1. The molecule has 0 aliphatic carbocycles. The van der Waals surface area contributed by atoms with Gasteiger partial charge >= 0.3 is 11.9 Å². The molecule has 1 aliphatic rings. The Bertz CT molecular complexity index is 836. The van der Waals surface area contributed by atoms with Crippen LogP contribution in [0.4, 0.5) is 11.4 Å². The van der Waals surface area contributed by atoms with E-state index >= 15 is 0 Å². The van der Waals surface area contributed by atoms with Crippen LogP contribution in [0.15, 0.2) is 36.4 Å². The van der Waals surface area contributed by atoms with Crippen LogP contribution in [0.5, 0.6) is 0 Å². The van der Waals surface area contributed by atoms with E-state index in [4.69, 9.17) is 34.0 Å². The Balaban J connectivity index is 0.000000199. The standard InChI is InChI=1S/C11H12ClNO2.C8H8ClNO2/c12-9-7-8(11(14)15)3-4-10(9)13-5-1-2-6-13;1-12-8(11)5-2-3-7(10)6(9)4-5/h3-4,7H,1-2,5-6H2,(H,14,15);2-4H,10H2,1H3. The van der Waals surface area contributed by atoms with Gasteiger partial charge in [-0.1, -0.05) is 23.2 Å². The molecule has 2 aromatic rings. The quantitative estimate of drug-likeness (QED) is 0.576. The van der Waals surface area contributed by atoms with Crippen molar-refractivity contribution in [3.8, 4) is 0 Å². The van der Waals surface area contributed by atoms with Gasteiger partial charge in [0, 0.05) is 13.1 Å². The number of nitrogens with zero attached hydrogens (tertiary/aromatic N) is 1. The fraction of sp³-hybridized carbons (Fsp3) is 0.263. The minimum Gasteiger partial charge on any atom is -0.478 e. The molecule has 3 rings (SSSR count). The zero-order valence-corrected chi connectivity index (χ0v) is 16.3. The maximum absolute atomic E-state index is 11.0. The summed E-state index contributed by atoms with van der Waals surface area (Å²) in [6, 6.07) is 9.50. The van der Waals surface area contributed by atoms with Gasteiger partial charge < -0.3 is 20.5 Å². The number of hydrogen-bond donors (Lipinski definition) is 2. The predicted octanol–water partition coefficient (Wildman–Crippen LogP) is 4.35. The lowest BCUT2D eigenvalue weighted by Gasteiger charge is -2.19. The summed E-state index contributed by atoms with van der Waals surface area (Å²) in [5.74, 6) is -1.36. The first kappa shape index (κ1) is 20.9. The molecule has 0 amide bonds. The van der Waals surface area contributed by atoms with E-state index in [1.54, 1.807) is 24.3 Å². The van der Waals surface area contributed by atoms with Gasteiger partial charge in [0.1, 0.15) is 0 Å². The Kier molecular flexibility index (Phi) is 7.33. The molecule has 1 heterocycles. The third-order valence-electron chi connectivity index (χ3n) is 4.06. The maximum atomic E-state index is 11.0. The van der Waals surface area contributed by atoms with Crippen LogP contribution in [-0.4, -0.2) is 37.2 Å². The first-order valence-electron chi connectivity index (χ1n) is 8.24. The predicted molar refractivity (Wildman–Crippen MR) is 107 cm³/mol. The summed E-state index contributed by atoms with van der Waals surface area (Å²) in [5.41, 5.74) is 7.48. The first-order chi connectivity index (χ1) is 12.8. The maximum Gasteiger partial charge on any atom is 0.337 e. The molecule has 144 valence electrons. The van der Waals surface area contributed by atoms with E-state index in [-0.39, 0.29) is 5.56 Å². The van der Waals surface area contributed by atoms with Crippen LogP contribution < -0.4 is 10.6 Å². The summed E-state index contributed by atoms with van der Waals surface area (Å²) in [5, 5.41) is 9.68. The van der Waals surface area contributed by atoms with Crippen molar-refractivity contribution in [3.05, 3.63) is 57.6 Å². The van der Waals surface area contributed by atoms with Gasteiger partial charge in [-0.2, -0.15) is 0 Å². The van der Waals surface area contributed by atoms with Crippen LogP contribution >= 0.6 is 23.2 Å². The average Bonchev–Trinajstić information content (AvgIpc) is 3.18. The second kappa shape index (κ2) is 9.48. The minimum absolute atomic E-state index is 0.239. The molecule has 0 aromatic heterocycles. The van der Waals surface area contributed by atoms with Crippen molar-refractivity contribution in [3.63, 3.8) is 0 Å². The highest BCUT2D eigenvalue weighted by Crippen LogP contribution is 2.29. The van der Waals surface area contributed by atoms with Gasteiger partial charge in [-0.3, -0.25) is 0 Å². The van der Waals surface area contributed by atoms with Gasteiger partial charge in [0.25, 0.3) is 0 Å². The molecule has 0 radical (unpaired) electrons. The van der Waals surface area contributed by atoms with Crippen LogP contribution in [0.1, 0.15) is 33.6 Å². The van der Waals surface area contributed by atoms with Crippen LogP contribution in [0, 0.1) is 0 Å². The van der Waals surface area contributed by atoms with Crippen molar-refractivity contribution < 1.29 is 19.4 Å². The van der Waals surface area contributed by atoms with E-state index < -0.39 is 11.9 Å². The number of halogens is 2. The molecular formula is C19H20Cl2N2O4. The lowest BCUT2D eigenvalue weighted by molar-refractivity contribution is 0.0600. The van der Waals surface area contributed by atoms with Crippen molar-refractivity contribution in [2.75, 3.05) is 30.8 Å². The van der Waals surface area contributed by atoms with Gasteiger partial charge in [0.05, 0.1) is 39.7 Å². The SMILES string of the molecule is COC(=O)c1ccc(N)c(Cl)c1.O=C(O)c1ccc(N2CCCC2)c(Cl)c1. The molecule has 0 unspecified atom stereocenters. The molecule has 1 saturated heterocycles. The number of carboxylic acids is 1. The highest BCUT2D eigenvalue weighted by Gasteiger charge is 2.16. The molecule has 6 nitrogen and oxygen atoms in total. The molecule has 1 aliphatic heterocycles. The van der Waals surface area contributed by atoms with Crippen LogP contribution in [0.3, 0.4) is 0 Å². The van der Waals surface area contributed by atoms with Crippen LogP contribution in [0.25, 0.3) is 0 Å². The number of nitrogens with two attached hydrogens (primary N) is 1. The smallest absolute Gasteiger partial charge is 0.337 e. The molecule has 8 heteroatoms. The molecule has 0 spiro atoms. The topological polar surface area (TPSA) is 92.9 Å². The molecule has 3 N–H and O–H groups in total. The number of hydrogen-bond acceptors (Lipinski definition) is 5. The molecule has 2 aromatic carbocycles. The molecule has 27 heavy (non-hydrogen) atoms. The van der Waals surface area contributed by atoms with Gasteiger partial charge in [-0.15, -0.1) is 0 Å². The number of methoxy groups -OCH3 is 1. The van der Waals surface area contributed by atoms with E-state index in [1.807, 2.05) is 0 Å². The Morgan fingerprint density at radius 1 is 1.04 bits per heavy atom. The molecule has 0 atom stereocenters. The second-order valence-corrected chi connectivity index (χ2v) is 6.71. The van der Waals surface area contributed by atoms with Gasteiger partial charge in [-0.25, -0.2) is 9.59 Å². The highest BCUT2D eigenvalue weighted by atomic mass is 35.5. The van der Waals surface area contributed by atoms with E-state index in [9.17, 15) is 9.59 Å². The van der Waals surface area contributed by atoms with E-state index in [1.165, 1.54) is 32.1 Å². The number of esters is 1. The zero-order chi connectivity index (χ0) is 20.0. The van der Waals surface area contributed by atoms with E-state index in [0.29, 0.717) is 21.3 Å². The minimum atomic E-state index is -0.940. The lowest BCUT2D eigenvalue weighted by Crippen LogP contribution is -2.18. The molecular weight excluding hydrogens is 391 g/mol. The third-order valence-corrected chi connectivity index (χ3v) is 4.69. The fourth-order valence-corrected chi connectivity index (χ4v) is 3.11. The summed E-state index contributed by atoms with van der Waals surface area (Å²) in [7, 11) is 1.31. The number of aromatic carboxylic acids is 1. The van der Waals surface area contributed by atoms with Crippen molar-refractivity contribution >= 4 is 46.5 Å². The number of ether oxygens (including phenoxy) is 1. The number of benzene rings is 2. The fourth-order valence-electron chi connectivity index (χ4n) is 2.63. The Labute approximate surface area is 167 Å². The zero-order valence-electron chi connectivity index (χ0n) is 14.7. The Hall–Kier alpha value is -2.44. The molecule has 0 saturated carbocycles. The Morgan fingerprint density at radius 2 is 1.63 bits per heavy atom. The van der Waals surface area contributed by atoms with Crippen molar-refractivity contribution in [2.45, 2.75) is 12.8 Å². The average molecular weight is 411 g/mol. The van der Waals surface area contributed by atoms with E-state index in [0.717, 1.165) is 18.8 Å². The van der Waals surface area contributed by atoms with Gasteiger partial charge in [0.15, 0.2) is 0 Å². The summed E-state index contributed by atoms with van der Waals surface area (Å²) in [6.07, 6.45) is 2.36. The number of carbonyl (C=O) groups is 2. The number of carboxylic acid groups (broad SMARTS) is 1. The van der Waals surface area contributed by atoms with Gasteiger partial charge in [-0.05, 0) is 49.2 Å². The van der Waals surface area contributed by atoms with Crippen molar-refractivity contribution in [2.24, 2.45) is 0 Å². The van der Waals surface area contributed by atoms with Crippen LogP contribution in [0.2, 0.25) is 10.0 Å². The summed E-state index contributed by atoms with van der Waals surface area (Å²) in [4.78, 5) is 23.9. The Morgan fingerprint density at radius 3 is 2.15 bits per heavy atom. The van der Waals surface area contributed by atoms with Crippen molar-refractivity contribution in [1.82, 2.24) is 0 Å². The summed E-state index contributed by atoms with van der Waals surface area (Å²) < 4.78 is 4.49. The second-order valence-electron chi connectivity index (χ2n) is 5.89. The number of anilines is 2. The number of nitrogen functional groups attached to an aromatic ring is 1. The van der Waals surface area contributed by atoms with Gasteiger partial charge in [0.2, 0.25) is 0 Å². The highest BCUT2D eigenvalue weighted by molar-refractivity contribution is 6.33. The largest absolute Gasteiger partial charge is 0.478 e. The normalized spacial score (nSPS) is 12.9. The summed E-state index contributed by atoms with van der Waals surface area (Å²) >= 11 is 11.7. The summed E-state index contributed by atoms with van der Waals surface area (Å²) in [6.45, 7) is 2.01. The van der Waals surface area contributed by atoms with E-state index in [2.05, 4.69) is 9.64 Å². The van der Waals surface area contributed by atoms with Crippen molar-refractivity contribution in [1.29, 1.82) is 0 Å². The van der Waals surface area contributed by atoms with Crippen LogP contribution in [-0.2, 0) is 4.74 Å². The third kappa shape index (κ3) is 5.52.